The highest BCUT2D eigenvalue weighted by Gasteiger charge is 2.47. The van der Waals surface area contributed by atoms with Gasteiger partial charge < -0.3 is 0 Å². The summed E-state index contributed by atoms with van der Waals surface area (Å²) in [4.78, 5) is 0. The maximum Gasteiger partial charge on any atom is -0.0106 e. The van der Waals surface area contributed by atoms with Gasteiger partial charge in [0.1, 0.15) is 0 Å². The van der Waals surface area contributed by atoms with Crippen molar-refractivity contribution < 1.29 is 0 Å². The standard InChI is InChI=1S/C15H28/c1-6-8-9-10-12(5)15-13(7-2)14(15)11(3)4/h7,11-12,14-15H,6,8-10H2,1-5H3. The van der Waals surface area contributed by atoms with Gasteiger partial charge >= 0.3 is 0 Å². The van der Waals surface area contributed by atoms with E-state index in [9.17, 15) is 0 Å². The van der Waals surface area contributed by atoms with Crippen LogP contribution in [0.15, 0.2) is 11.6 Å². The second-order valence-corrected chi connectivity index (χ2v) is 5.56. The van der Waals surface area contributed by atoms with Crippen LogP contribution in [0.3, 0.4) is 0 Å². The smallest absolute Gasteiger partial charge is 0.0106 e. The van der Waals surface area contributed by atoms with Gasteiger partial charge in [0.2, 0.25) is 0 Å². The van der Waals surface area contributed by atoms with E-state index in [-0.39, 0.29) is 0 Å². The fraction of sp³-hybridized carbons (Fsp3) is 0.867. The lowest BCUT2D eigenvalue weighted by Gasteiger charge is -2.11. The molecular weight excluding hydrogens is 180 g/mol. The molecule has 0 nitrogen and oxygen atoms in total. The van der Waals surface area contributed by atoms with Crippen LogP contribution in [0.2, 0.25) is 0 Å². The van der Waals surface area contributed by atoms with Gasteiger partial charge in [0, 0.05) is 0 Å². The largest absolute Gasteiger partial charge is 0.0878 e. The van der Waals surface area contributed by atoms with Crippen LogP contribution in [0.1, 0.15) is 60.3 Å². The molecule has 0 spiro atoms. The van der Waals surface area contributed by atoms with Gasteiger partial charge in [-0.1, -0.05) is 65.0 Å². The van der Waals surface area contributed by atoms with E-state index in [4.69, 9.17) is 0 Å². The van der Waals surface area contributed by atoms with Crippen LogP contribution in [-0.2, 0) is 0 Å². The zero-order valence-corrected chi connectivity index (χ0v) is 11.2. The Kier molecular flexibility index (Phi) is 4.89. The SMILES string of the molecule is CC=C1C(C(C)C)C1C(C)CCCCC. The van der Waals surface area contributed by atoms with Crippen LogP contribution in [-0.4, -0.2) is 0 Å². The van der Waals surface area contributed by atoms with Crippen LogP contribution >= 0.6 is 0 Å². The zero-order chi connectivity index (χ0) is 11.4. The van der Waals surface area contributed by atoms with Crippen molar-refractivity contribution in [1.29, 1.82) is 0 Å². The molecule has 1 aliphatic carbocycles. The summed E-state index contributed by atoms with van der Waals surface area (Å²) in [5.41, 5.74) is 1.74. The third-order valence-electron chi connectivity index (χ3n) is 3.98. The van der Waals surface area contributed by atoms with E-state index in [1.807, 2.05) is 0 Å². The van der Waals surface area contributed by atoms with Crippen LogP contribution < -0.4 is 0 Å². The maximum atomic E-state index is 2.45. The van der Waals surface area contributed by atoms with E-state index in [2.05, 4.69) is 40.7 Å². The molecule has 0 aliphatic heterocycles. The van der Waals surface area contributed by atoms with E-state index >= 15 is 0 Å². The van der Waals surface area contributed by atoms with Crippen LogP contribution in [0.5, 0.6) is 0 Å². The van der Waals surface area contributed by atoms with Gasteiger partial charge in [-0.15, -0.1) is 0 Å². The molecule has 0 heteroatoms. The van der Waals surface area contributed by atoms with Crippen molar-refractivity contribution in [3.63, 3.8) is 0 Å². The second-order valence-electron chi connectivity index (χ2n) is 5.56. The molecule has 3 unspecified atom stereocenters. The molecule has 0 bridgehead atoms. The summed E-state index contributed by atoms with van der Waals surface area (Å²) in [5, 5.41) is 0. The Hall–Kier alpha value is -0.260. The summed E-state index contributed by atoms with van der Waals surface area (Å²) in [5.74, 6) is 3.59. The minimum Gasteiger partial charge on any atom is -0.0878 e. The quantitative estimate of drug-likeness (QED) is 0.423. The first-order valence-corrected chi connectivity index (χ1v) is 6.79. The molecule has 0 amide bonds. The van der Waals surface area contributed by atoms with Crippen molar-refractivity contribution in [2.75, 3.05) is 0 Å². The molecule has 0 N–H and O–H groups in total. The number of unbranched alkanes of at least 4 members (excludes halogenated alkanes) is 2. The average molecular weight is 208 g/mol. The Labute approximate surface area is 96.2 Å². The van der Waals surface area contributed by atoms with Gasteiger partial charge in [-0.05, 0) is 30.6 Å². The highest BCUT2D eigenvalue weighted by molar-refractivity contribution is 5.30. The number of rotatable bonds is 6. The molecule has 0 aromatic carbocycles. The predicted octanol–water partition coefficient (Wildman–Crippen LogP) is 5.05. The molecule has 0 aromatic heterocycles. The predicted molar refractivity (Wildman–Crippen MR) is 68.9 cm³/mol. The summed E-state index contributed by atoms with van der Waals surface area (Å²) in [6.45, 7) is 11.7. The molecule has 0 radical (unpaired) electrons. The third kappa shape index (κ3) is 3.09. The van der Waals surface area contributed by atoms with Gasteiger partial charge in [-0.3, -0.25) is 0 Å². The first-order chi connectivity index (χ1) is 7.13. The topological polar surface area (TPSA) is 0 Å². The van der Waals surface area contributed by atoms with Gasteiger partial charge in [-0.25, -0.2) is 0 Å². The molecule has 0 heterocycles. The first kappa shape index (κ1) is 12.8. The maximum absolute atomic E-state index is 2.45. The summed E-state index contributed by atoms with van der Waals surface area (Å²) < 4.78 is 0. The number of hydrogen-bond acceptors (Lipinski definition) is 0. The minimum atomic E-state index is 0.842. The van der Waals surface area contributed by atoms with Crippen molar-refractivity contribution in [2.45, 2.75) is 60.3 Å². The summed E-state index contributed by atoms with van der Waals surface area (Å²) in [6.07, 6.45) is 7.98. The van der Waals surface area contributed by atoms with Gasteiger partial charge in [-0.2, -0.15) is 0 Å². The minimum absolute atomic E-state index is 0.842. The van der Waals surface area contributed by atoms with Crippen molar-refractivity contribution in [1.82, 2.24) is 0 Å². The molecule has 1 saturated carbocycles. The molecule has 3 atom stereocenters. The van der Waals surface area contributed by atoms with Crippen molar-refractivity contribution >= 4 is 0 Å². The molecule has 15 heavy (non-hydrogen) atoms. The van der Waals surface area contributed by atoms with Gasteiger partial charge in [0.05, 0.1) is 0 Å². The zero-order valence-electron chi connectivity index (χ0n) is 11.2. The summed E-state index contributed by atoms with van der Waals surface area (Å²) in [6, 6.07) is 0. The van der Waals surface area contributed by atoms with Crippen molar-refractivity contribution in [3.05, 3.63) is 11.6 Å². The van der Waals surface area contributed by atoms with Crippen LogP contribution in [0.4, 0.5) is 0 Å². The molecule has 1 fully saturated rings. The normalized spacial score (nSPS) is 29.9. The lowest BCUT2D eigenvalue weighted by Crippen LogP contribution is -2.02. The van der Waals surface area contributed by atoms with Gasteiger partial charge in [0.25, 0.3) is 0 Å². The monoisotopic (exact) mass is 208 g/mol. The third-order valence-corrected chi connectivity index (χ3v) is 3.98. The van der Waals surface area contributed by atoms with Crippen molar-refractivity contribution in [3.8, 4) is 0 Å². The summed E-state index contributed by atoms with van der Waals surface area (Å²) in [7, 11) is 0. The van der Waals surface area contributed by atoms with Crippen LogP contribution in [0, 0.1) is 23.7 Å². The molecule has 0 aromatic rings. The highest BCUT2D eigenvalue weighted by Crippen LogP contribution is 2.55. The molecule has 1 rings (SSSR count). The Bertz CT molecular complexity index is 212. The fourth-order valence-corrected chi connectivity index (χ4v) is 3.09. The molecule has 0 saturated heterocycles. The lowest BCUT2D eigenvalue weighted by atomic mass is 9.94. The van der Waals surface area contributed by atoms with E-state index in [0.29, 0.717) is 0 Å². The van der Waals surface area contributed by atoms with E-state index in [1.165, 1.54) is 25.7 Å². The Balaban J connectivity index is 2.38. The van der Waals surface area contributed by atoms with Gasteiger partial charge in [0.15, 0.2) is 0 Å². The molecule has 88 valence electrons. The van der Waals surface area contributed by atoms with E-state index < -0.39 is 0 Å². The van der Waals surface area contributed by atoms with Crippen LogP contribution in [0.25, 0.3) is 0 Å². The number of hydrogen-bond donors (Lipinski definition) is 0. The molecule has 1 aliphatic rings. The number of allylic oxidation sites excluding steroid dienone is 2. The Morgan fingerprint density at radius 2 is 1.80 bits per heavy atom. The highest BCUT2D eigenvalue weighted by atomic mass is 14.5. The fourth-order valence-electron chi connectivity index (χ4n) is 3.09. The average Bonchev–Trinajstić information content (AvgIpc) is 2.92. The van der Waals surface area contributed by atoms with E-state index in [0.717, 1.165) is 23.7 Å². The Morgan fingerprint density at radius 3 is 2.20 bits per heavy atom. The second kappa shape index (κ2) is 5.72. The summed E-state index contributed by atoms with van der Waals surface area (Å²) >= 11 is 0. The lowest BCUT2D eigenvalue weighted by molar-refractivity contribution is 0.391. The molecular formula is C15H28. The first-order valence-electron chi connectivity index (χ1n) is 6.79. The Morgan fingerprint density at radius 1 is 1.13 bits per heavy atom. The van der Waals surface area contributed by atoms with Crippen molar-refractivity contribution in [2.24, 2.45) is 23.7 Å². The van der Waals surface area contributed by atoms with E-state index in [1.54, 1.807) is 5.57 Å².